The van der Waals surface area contributed by atoms with E-state index in [1.807, 2.05) is 0 Å². The van der Waals surface area contributed by atoms with Gasteiger partial charge in [0.25, 0.3) is 0 Å². The normalized spacial score (nSPS) is 12.1. The minimum Gasteiger partial charge on any atom is -0.454 e. The number of imide groups is 1. The van der Waals surface area contributed by atoms with Gasteiger partial charge in [-0.3, -0.25) is 10.1 Å². The third kappa shape index (κ3) is 2.22. The maximum absolute atomic E-state index is 11.2. The minimum absolute atomic E-state index is 0.179. The van der Waals surface area contributed by atoms with Gasteiger partial charge in [0.1, 0.15) is 0 Å². The quantitative estimate of drug-likeness (QED) is 0.745. The molecule has 1 heterocycles. The summed E-state index contributed by atoms with van der Waals surface area (Å²) in [6, 6.07) is 4.40. The van der Waals surface area contributed by atoms with Crippen LogP contribution in [0.2, 0.25) is 0 Å². The molecule has 0 aromatic heterocycles. The SMILES string of the molecule is CC(=O)NC(=O)Nc1ccc2c(c1)OCO2. The average Bonchev–Trinajstić information content (AvgIpc) is 2.63. The summed E-state index contributed by atoms with van der Waals surface area (Å²) in [5, 5.41) is 4.59. The van der Waals surface area contributed by atoms with Gasteiger partial charge in [0.15, 0.2) is 11.5 Å². The topological polar surface area (TPSA) is 76.7 Å². The van der Waals surface area contributed by atoms with E-state index in [2.05, 4.69) is 10.6 Å². The largest absolute Gasteiger partial charge is 0.454 e. The van der Waals surface area contributed by atoms with Crippen molar-refractivity contribution in [2.24, 2.45) is 0 Å². The van der Waals surface area contributed by atoms with E-state index >= 15 is 0 Å². The van der Waals surface area contributed by atoms with Crippen LogP contribution in [0.1, 0.15) is 6.92 Å². The Labute approximate surface area is 91.5 Å². The lowest BCUT2D eigenvalue weighted by atomic mass is 10.3. The zero-order valence-corrected chi connectivity index (χ0v) is 8.57. The first kappa shape index (κ1) is 10.3. The second kappa shape index (κ2) is 4.09. The van der Waals surface area contributed by atoms with Crippen molar-refractivity contribution in [1.82, 2.24) is 5.32 Å². The Morgan fingerprint density at radius 2 is 2.00 bits per heavy atom. The molecule has 1 aromatic carbocycles. The fourth-order valence-corrected chi connectivity index (χ4v) is 1.30. The molecular formula is C10H10N2O4. The van der Waals surface area contributed by atoms with Crippen LogP contribution in [0.4, 0.5) is 10.5 Å². The lowest BCUT2D eigenvalue weighted by Crippen LogP contribution is -2.32. The molecule has 16 heavy (non-hydrogen) atoms. The maximum atomic E-state index is 11.2. The second-order valence-electron chi connectivity index (χ2n) is 3.20. The van der Waals surface area contributed by atoms with Crippen LogP contribution < -0.4 is 20.1 Å². The predicted octanol–water partition coefficient (Wildman–Crippen LogP) is 1.08. The Morgan fingerprint density at radius 1 is 1.25 bits per heavy atom. The molecule has 1 aliphatic rings. The molecule has 0 atom stereocenters. The van der Waals surface area contributed by atoms with Crippen molar-refractivity contribution in [3.8, 4) is 11.5 Å². The Morgan fingerprint density at radius 3 is 2.75 bits per heavy atom. The highest BCUT2D eigenvalue weighted by Gasteiger charge is 2.14. The van der Waals surface area contributed by atoms with Gasteiger partial charge in [0, 0.05) is 18.7 Å². The molecule has 0 fully saturated rings. The fourth-order valence-electron chi connectivity index (χ4n) is 1.30. The molecule has 3 amide bonds. The van der Waals surface area contributed by atoms with Gasteiger partial charge in [-0.05, 0) is 12.1 Å². The number of hydrogen-bond donors (Lipinski definition) is 2. The summed E-state index contributed by atoms with van der Waals surface area (Å²) in [5.74, 6) is 0.788. The molecule has 0 spiro atoms. The number of fused-ring (bicyclic) bond motifs is 1. The highest BCUT2D eigenvalue weighted by molar-refractivity contribution is 6.00. The third-order valence-electron chi connectivity index (χ3n) is 1.92. The zero-order chi connectivity index (χ0) is 11.5. The standard InChI is InChI=1S/C10H10N2O4/c1-6(13)11-10(14)12-7-2-3-8-9(4-7)16-5-15-8/h2-4H,5H2,1H3,(H2,11,12,13,14). The van der Waals surface area contributed by atoms with Crippen LogP contribution >= 0.6 is 0 Å². The van der Waals surface area contributed by atoms with E-state index in [4.69, 9.17) is 9.47 Å². The van der Waals surface area contributed by atoms with Crippen LogP contribution in [0.15, 0.2) is 18.2 Å². The second-order valence-corrected chi connectivity index (χ2v) is 3.20. The predicted molar refractivity (Wildman–Crippen MR) is 55.4 cm³/mol. The Balaban J connectivity index is 2.05. The van der Waals surface area contributed by atoms with Gasteiger partial charge in [-0.1, -0.05) is 0 Å². The van der Waals surface area contributed by atoms with Crippen molar-refractivity contribution in [1.29, 1.82) is 0 Å². The number of carbonyl (C=O) groups is 2. The molecule has 0 aliphatic carbocycles. The Bertz CT molecular complexity index is 444. The van der Waals surface area contributed by atoms with E-state index in [0.717, 1.165) is 0 Å². The van der Waals surface area contributed by atoms with Gasteiger partial charge in [-0.15, -0.1) is 0 Å². The number of ether oxygens (including phenoxy) is 2. The van der Waals surface area contributed by atoms with Crippen LogP contribution in [0.5, 0.6) is 11.5 Å². The van der Waals surface area contributed by atoms with Crippen molar-refractivity contribution in [2.75, 3.05) is 12.1 Å². The smallest absolute Gasteiger partial charge is 0.325 e. The average molecular weight is 222 g/mol. The molecule has 0 bridgehead atoms. The summed E-state index contributed by atoms with van der Waals surface area (Å²) in [4.78, 5) is 21.8. The first-order valence-corrected chi connectivity index (χ1v) is 4.63. The summed E-state index contributed by atoms with van der Waals surface area (Å²) in [7, 11) is 0. The van der Waals surface area contributed by atoms with Gasteiger partial charge in [0.2, 0.25) is 12.7 Å². The summed E-state index contributed by atoms with van der Waals surface area (Å²) < 4.78 is 10.3. The molecule has 0 saturated carbocycles. The molecule has 2 N–H and O–H groups in total. The number of carbonyl (C=O) groups excluding carboxylic acids is 2. The molecule has 84 valence electrons. The Kier molecular flexibility index (Phi) is 2.63. The number of hydrogen-bond acceptors (Lipinski definition) is 4. The summed E-state index contributed by atoms with van der Waals surface area (Å²) in [6.07, 6.45) is 0. The highest BCUT2D eigenvalue weighted by Crippen LogP contribution is 2.34. The number of amides is 3. The van der Waals surface area contributed by atoms with Crippen LogP contribution in [-0.2, 0) is 4.79 Å². The monoisotopic (exact) mass is 222 g/mol. The molecule has 6 nitrogen and oxygen atoms in total. The van der Waals surface area contributed by atoms with Gasteiger partial charge in [-0.25, -0.2) is 4.79 Å². The van der Waals surface area contributed by atoms with E-state index < -0.39 is 11.9 Å². The zero-order valence-electron chi connectivity index (χ0n) is 8.57. The van der Waals surface area contributed by atoms with Gasteiger partial charge < -0.3 is 14.8 Å². The van der Waals surface area contributed by atoms with E-state index in [1.54, 1.807) is 18.2 Å². The van der Waals surface area contributed by atoms with Gasteiger partial charge >= 0.3 is 6.03 Å². The molecule has 2 rings (SSSR count). The van der Waals surface area contributed by atoms with Crippen LogP contribution in [0, 0.1) is 0 Å². The maximum Gasteiger partial charge on any atom is 0.325 e. The van der Waals surface area contributed by atoms with Crippen molar-refractivity contribution in [3.05, 3.63) is 18.2 Å². The molecule has 0 radical (unpaired) electrons. The summed E-state index contributed by atoms with van der Waals surface area (Å²) in [5.41, 5.74) is 0.531. The van der Waals surface area contributed by atoms with E-state index in [0.29, 0.717) is 17.2 Å². The molecule has 6 heteroatoms. The first-order chi connectivity index (χ1) is 7.65. The number of benzene rings is 1. The molecule has 1 aliphatic heterocycles. The fraction of sp³-hybridized carbons (Fsp3) is 0.200. The van der Waals surface area contributed by atoms with Crippen LogP contribution in [-0.4, -0.2) is 18.7 Å². The van der Waals surface area contributed by atoms with Gasteiger partial charge in [-0.2, -0.15) is 0 Å². The first-order valence-electron chi connectivity index (χ1n) is 4.63. The van der Waals surface area contributed by atoms with Gasteiger partial charge in [0.05, 0.1) is 0 Å². The van der Waals surface area contributed by atoms with Crippen molar-refractivity contribution < 1.29 is 19.1 Å². The Hall–Kier alpha value is -2.24. The van der Waals surface area contributed by atoms with Crippen LogP contribution in [0.3, 0.4) is 0 Å². The third-order valence-corrected chi connectivity index (χ3v) is 1.92. The highest BCUT2D eigenvalue weighted by atomic mass is 16.7. The minimum atomic E-state index is -0.577. The molecule has 0 saturated heterocycles. The van der Waals surface area contributed by atoms with E-state index in [1.165, 1.54) is 6.92 Å². The summed E-state index contributed by atoms with van der Waals surface area (Å²) in [6.45, 7) is 1.44. The lowest BCUT2D eigenvalue weighted by molar-refractivity contribution is -0.117. The number of rotatable bonds is 1. The molecular weight excluding hydrogens is 212 g/mol. The van der Waals surface area contributed by atoms with E-state index in [9.17, 15) is 9.59 Å². The summed E-state index contributed by atoms with van der Waals surface area (Å²) >= 11 is 0. The van der Waals surface area contributed by atoms with Crippen LogP contribution in [0.25, 0.3) is 0 Å². The lowest BCUT2D eigenvalue weighted by Gasteiger charge is -2.05. The van der Waals surface area contributed by atoms with Crippen molar-refractivity contribution in [2.45, 2.75) is 6.92 Å². The number of nitrogens with one attached hydrogen (secondary N) is 2. The van der Waals surface area contributed by atoms with E-state index in [-0.39, 0.29) is 6.79 Å². The van der Waals surface area contributed by atoms with Crippen molar-refractivity contribution in [3.63, 3.8) is 0 Å². The number of anilines is 1. The van der Waals surface area contributed by atoms with Crippen molar-refractivity contribution >= 4 is 17.6 Å². The molecule has 1 aromatic rings. The molecule has 0 unspecified atom stereocenters. The number of urea groups is 1.